The molecule has 1 amide bonds. The standard InChI is InChI=1S/C21H23F3N6O2/c1-32-15-5-3-14(4-6-15)17-11-18(21(22,23)24)30-19(28-17)16(12-27-30)20(31)26-7-2-9-29-10-8-25-13-29/h3-6,8,10,12-13,17-18,28H,2,7,9,11H2,1H3,(H,26,31)/t17-,18+/m0/s1. The van der Waals surface area contributed by atoms with E-state index in [1.165, 1.54) is 13.3 Å². The summed E-state index contributed by atoms with van der Waals surface area (Å²) in [5, 5.41) is 9.73. The van der Waals surface area contributed by atoms with Crippen LogP contribution in [0.4, 0.5) is 19.0 Å². The van der Waals surface area contributed by atoms with Gasteiger partial charge >= 0.3 is 6.18 Å². The Hall–Kier alpha value is -3.50. The summed E-state index contributed by atoms with van der Waals surface area (Å²) in [5.74, 6) is 0.199. The number of hydrogen-bond acceptors (Lipinski definition) is 5. The SMILES string of the molecule is COc1ccc([C@@H]2C[C@H](C(F)(F)F)n3ncc(C(=O)NCCCn4ccnc4)c3N2)cc1. The van der Waals surface area contributed by atoms with Gasteiger partial charge in [-0.05, 0) is 24.1 Å². The van der Waals surface area contributed by atoms with Crippen LogP contribution in [0.15, 0.2) is 49.2 Å². The van der Waals surface area contributed by atoms with Crippen LogP contribution in [-0.2, 0) is 6.54 Å². The first-order valence-corrected chi connectivity index (χ1v) is 10.2. The topological polar surface area (TPSA) is 86.0 Å². The summed E-state index contributed by atoms with van der Waals surface area (Å²) in [6.07, 6.45) is 2.25. The van der Waals surface area contributed by atoms with E-state index in [1.807, 2.05) is 10.8 Å². The minimum absolute atomic E-state index is 0.0616. The molecule has 2 atom stereocenters. The Morgan fingerprint density at radius 3 is 2.75 bits per heavy atom. The van der Waals surface area contributed by atoms with E-state index in [0.29, 0.717) is 30.8 Å². The number of benzene rings is 1. The van der Waals surface area contributed by atoms with Gasteiger partial charge in [0.2, 0.25) is 0 Å². The molecule has 0 saturated heterocycles. The second-order valence-electron chi connectivity index (χ2n) is 7.52. The molecule has 1 aliphatic heterocycles. The van der Waals surface area contributed by atoms with Crippen molar-refractivity contribution in [3.63, 3.8) is 0 Å². The lowest BCUT2D eigenvalue weighted by atomic mass is 9.96. The summed E-state index contributed by atoms with van der Waals surface area (Å²) < 4.78 is 49.3. The van der Waals surface area contributed by atoms with E-state index < -0.39 is 24.2 Å². The van der Waals surface area contributed by atoms with Crippen molar-refractivity contribution in [2.45, 2.75) is 37.6 Å². The van der Waals surface area contributed by atoms with Crippen molar-refractivity contribution in [3.8, 4) is 5.75 Å². The Labute approximate surface area is 182 Å². The predicted octanol–water partition coefficient (Wildman–Crippen LogP) is 3.57. The van der Waals surface area contributed by atoms with Crippen molar-refractivity contribution in [2.75, 3.05) is 19.0 Å². The van der Waals surface area contributed by atoms with Gasteiger partial charge in [0, 0.05) is 31.9 Å². The van der Waals surface area contributed by atoms with Crippen molar-refractivity contribution in [1.29, 1.82) is 0 Å². The predicted molar refractivity (Wildman–Crippen MR) is 110 cm³/mol. The Morgan fingerprint density at radius 1 is 1.31 bits per heavy atom. The van der Waals surface area contributed by atoms with Gasteiger partial charge in [-0.2, -0.15) is 18.3 Å². The Balaban J connectivity index is 1.51. The molecule has 0 fully saturated rings. The van der Waals surface area contributed by atoms with Gasteiger partial charge in [-0.1, -0.05) is 12.1 Å². The van der Waals surface area contributed by atoms with E-state index in [2.05, 4.69) is 20.7 Å². The minimum Gasteiger partial charge on any atom is -0.497 e. The number of aromatic nitrogens is 4. The maximum absolute atomic E-state index is 13.8. The molecule has 4 rings (SSSR count). The second-order valence-corrected chi connectivity index (χ2v) is 7.52. The summed E-state index contributed by atoms with van der Waals surface area (Å²) in [6.45, 7) is 1.03. The number of ether oxygens (including phenoxy) is 1. The summed E-state index contributed by atoms with van der Waals surface area (Å²) in [6, 6.07) is 4.34. The molecule has 2 N–H and O–H groups in total. The molecule has 0 unspecified atom stereocenters. The number of hydrogen-bond donors (Lipinski definition) is 2. The third-order valence-corrected chi connectivity index (χ3v) is 5.44. The van der Waals surface area contributed by atoms with Crippen LogP contribution in [0, 0.1) is 0 Å². The molecule has 3 aromatic rings. The molecular formula is C21H23F3N6O2. The van der Waals surface area contributed by atoms with Crippen LogP contribution in [0.2, 0.25) is 0 Å². The molecule has 11 heteroatoms. The van der Waals surface area contributed by atoms with Crippen LogP contribution in [-0.4, -0.2) is 45.1 Å². The normalized spacial score (nSPS) is 18.0. The molecule has 32 heavy (non-hydrogen) atoms. The van der Waals surface area contributed by atoms with Crippen LogP contribution in [0.3, 0.4) is 0 Å². The number of nitrogens with one attached hydrogen (secondary N) is 2. The quantitative estimate of drug-likeness (QED) is 0.540. The molecule has 1 aliphatic rings. The number of aryl methyl sites for hydroxylation is 1. The molecule has 0 spiro atoms. The number of carbonyl (C=O) groups is 1. The van der Waals surface area contributed by atoms with Gasteiger partial charge in [-0.3, -0.25) is 4.79 Å². The molecule has 3 heterocycles. The van der Waals surface area contributed by atoms with Crippen molar-refractivity contribution in [3.05, 3.63) is 60.3 Å². The first-order chi connectivity index (χ1) is 15.4. The number of fused-ring (bicyclic) bond motifs is 1. The van der Waals surface area contributed by atoms with Gasteiger partial charge < -0.3 is 19.9 Å². The zero-order chi connectivity index (χ0) is 22.7. The number of nitrogens with zero attached hydrogens (tertiary/aromatic N) is 4. The lowest BCUT2D eigenvalue weighted by Crippen LogP contribution is -2.36. The largest absolute Gasteiger partial charge is 0.497 e. The molecule has 0 saturated carbocycles. The lowest BCUT2D eigenvalue weighted by molar-refractivity contribution is -0.173. The fraction of sp³-hybridized carbons (Fsp3) is 0.381. The van der Waals surface area contributed by atoms with Gasteiger partial charge in [-0.25, -0.2) is 9.67 Å². The maximum Gasteiger partial charge on any atom is 0.410 e. The van der Waals surface area contributed by atoms with Crippen LogP contribution in [0.1, 0.15) is 40.8 Å². The monoisotopic (exact) mass is 448 g/mol. The highest BCUT2D eigenvalue weighted by Crippen LogP contribution is 2.44. The van der Waals surface area contributed by atoms with Crippen molar-refractivity contribution >= 4 is 11.7 Å². The van der Waals surface area contributed by atoms with E-state index in [9.17, 15) is 18.0 Å². The molecule has 1 aromatic carbocycles. The van der Waals surface area contributed by atoms with Crippen LogP contribution < -0.4 is 15.4 Å². The summed E-state index contributed by atoms with van der Waals surface area (Å²) in [5.41, 5.74) is 0.749. The Morgan fingerprint density at radius 2 is 2.09 bits per heavy atom. The average Bonchev–Trinajstić information content (AvgIpc) is 3.45. The van der Waals surface area contributed by atoms with E-state index >= 15 is 0 Å². The van der Waals surface area contributed by atoms with Crippen molar-refractivity contribution in [1.82, 2.24) is 24.6 Å². The number of rotatable bonds is 7. The van der Waals surface area contributed by atoms with Gasteiger partial charge in [0.05, 0.1) is 25.7 Å². The number of amides is 1. The summed E-state index contributed by atoms with van der Waals surface area (Å²) in [4.78, 5) is 16.7. The second kappa shape index (κ2) is 8.93. The van der Waals surface area contributed by atoms with Crippen molar-refractivity contribution in [2.24, 2.45) is 0 Å². The van der Waals surface area contributed by atoms with E-state index in [-0.39, 0.29) is 17.8 Å². The zero-order valence-corrected chi connectivity index (χ0v) is 17.3. The number of halogens is 3. The number of methoxy groups -OCH3 is 1. The third kappa shape index (κ3) is 4.56. The highest BCUT2D eigenvalue weighted by Gasteiger charge is 2.47. The first kappa shape index (κ1) is 21.7. The van der Waals surface area contributed by atoms with Gasteiger partial charge in [-0.15, -0.1) is 0 Å². The first-order valence-electron chi connectivity index (χ1n) is 10.2. The smallest absolute Gasteiger partial charge is 0.410 e. The fourth-order valence-corrected chi connectivity index (χ4v) is 3.76. The molecule has 2 aromatic heterocycles. The number of imidazole rings is 1. The number of alkyl halides is 3. The van der Waals surface area contributed by atoms with Crippen molar-refractivity contribution < 1.29 is 22.7 Å². The number of carbonyl (C=O) groups excluding carboxylic acids is 1. The third-order valence-electron chi connectivity index (χ3n) is 5.44. The zero-order valence-electron chi connectivity index (χ0n) is 17.3. The highest BCUT2D eigenvalue weighted by molar-refractivity contribution is 5.98. The maximum atomic E-state index is 13.8. The average molecular weight is 448 g/mol. The highest BCUT2D eigenvalue weighted by atomic mass is 19.4. The van der Waals surface area contributed by atoms with Gasteiger partial charge in [0.25, 0.3) is 5.91 Å². The summed E-state index contributed by atoms with van der Waals surface area (Å²) in [7, 11) is 1.52. The van der Waals surface area contributed by atoms with E-state index in [0.717, 1.165) is 4.68 Å². The lowest BCUT2D eigenvalue weighted by Gasteiger charge is -2.34. The molecule has 8 nitrogen and oxygen atoms in total. The molecular weight excluding hydrogens is 425 g/mol. The summed E-state index contributed by atoms with van der Waals surface area (Å²) >= 11 is 0. The van der Waals surface area contributed by atoms with Crippen LogP contribution >= 0.6 is 0 Å². The van der Waals surface area contributed by atoms with E-state index in [1.54, 1.807) is 36.8 Å². The molecule has 0 radical (unpaired) electrons. The van der Waals surface area contributed by atoms with Crippen LogP contribution in [0.25, 0.3) is 0 Å². The van der Waals surface area contributed by atoms with Gasteiger partial charge in [0.1, 0.15) is 17.1 Å². The fourth-order valence-electron chi connectivity index (χ4n) is 3.76. The molecule has 0 bridgehead atoms. The Bertz CT molecular complexity index is 1050. The van der Waals surface area contributed by atoms with E-state index in [4.69, 9.17) is 4.74 Å². The molecule has 170 valence electrons. The Kier molecular flexibility index (Phi) is 6.06. The van der Waals surface area contributed by atoms with Gasteiger partial charge in [0.15, 0.2) is 6.04 Å². The number of anilines is 1. The molecule has 0 aliphatic carbocycles. The van der Waals surface area contributed by atoms with Crippen LogP contribution in [0.5, 0.6) is 5.75 Å². The minimum atomic E-state index is -4.51.